The zero-order chi connectivity index (χ0) is 16.7. The van der Waals surface area contributed by atoms with Gasteiger partial charge in [0.15, 0.2) is 5.82 Å². The quantitative estimate of drug-likeness (QED) is 0.680. The Morgan fingerprint density at radius 2 is 2.26 bits per heavy atom. The predicted molar refractivity (Wildman–Crippen MR) is 88.0 cm³/mol. The van der Waals surface area contributed by atoms with Gasteiger partial charge in [-0.3, -0.25) is 0 Å². The average molecular weight is 323 g/mol. The van der Waals surface area contributed by atoms with E-state index in [4.69, 9.17) is 5.11 Å². The van der Waals surface area contributed by atoms with Crippen molar-refractivity contribution < 1.29 is 9.90 Å². The SMILES string of the molecule is CCCC(CCO)CNC(=O)NC1CCCn2nc(CC)nc21. The summed E-state index contributed by atoms with van der Waals surface area (Å²) >= 11 is 0. The lowest BCUT2D eigenvalue weighted by Crippen LogP contribution is -2.42. The molecule has 0 fully saturated rings. The lowest BCUT2D eigenvalue weighted by molar-refractivity contribution is 0.223. The second-order valence-corrected chi connectivity index (χ2v) is 6.18. The topological polar surface area (TPSA) is 92.1 Å². The lowest BCUT2D eigenvalue weighted by Gasteiger charge is -2.24. The van der Waals surface area contributed by atoms with Crippen LogP contribution in [-0.2, 0) is 13.0 Å². The monoisotopic (exact) mass is 323 g/mol. The molecule has 0 aromatic carbocycles. The van der Waals surface area contributed by atoms with Gasteiger partial charge < -0.3 is 15.7 Å². The number of carbonyl (C=O) groups excluding carboxylic acids is 1. The van der Waals surface area contributed by atoms with Gasteiger partial charge >= 0.3 is 6.03 Å². The van der Waals surface area contributed by atoms with Crippen molar-refractivity contribution in [2.75, 3.05) is 13.2 Å². The maximum atomic E-state index is 12.2. The van der Waals surface area contributed by atoms with Gasteiger partial charge in [-0.15, -0.1) is 0 Å². The molecule has 2 unspecified atom stereocenters. The first-order valence-electron chi connectivity index (χ1n) is 8.76. The Hall–Kier alpha value is -1.63. The second-order valence-electron chi connectivity index (χ2n) is 6.18. The van der Waals surface area contributed by atoms with Gasteiger partial charge in [-0.25, -0.2) is 14.5 Å². The number of urea groups is 1. The van der Waals surface area contributed by atoms with Crippen LogP contribution in [0.15, 0.2) is 0 Å². The summed E-state index contributed by atoms with van der Waals surface area (Å²) in [6.07, 6.45) is 5.49. The number of carbonyl (C=O) groups is 1. The molecular formula is C16H29N5O2. The van der Waals surface area contributed by atoms with Crippen molar-refractivity contribution in [1.82, 2.24) is 25.4 Å². The number of aliphatic hydroxyl groups is 1. The summed E-state index contributed by atoms with van der Waals surface area (Å²) in [6, 6.07) is -0.234. The fourth-order valence-electron chi connectivity index (χ4n) is 3.07. The van der Waals surface area contributed by atoms with Gasteiger partial charge in [0.1, 0.15) is 5.82 Å². The lowest BCUT2D eigenvalue weighted by atomic mass is 10.0. The number of fused-ring (bicyclic) bond motifs is 1. The van der Waals surface area contributed by atoms with Crippen LogP contribution in [-0.4, -0.2) is 39.1 Å². The molecule has 7 heteroatoms. The van der Waals surface area contributed by atoms with E-state index in [1.54, 1.807) is 0 Å². The predicted octanol–water partition coefficient (Wildman–Crippen LogP) is 1.77. The third kappa shape index (κ3) is 4.92. The molecule has 1 aliphatic rings. The molecule has 2 amide bonds. The molecule has 3 N–H and O–H groups in total. The van der Waals surface area contributed by atoms with Gasteiger partial charge in [0.05, 0.1) is 6.04 Å². The van der Waals surface area contributed by atoms with Gasteiger partial charge in [-0.1, -0.05) is 20.3 Å². The highest BCUT2D eigenvalue weighted by Crippen LogP contribution is 2.23. The Morgan fingerprint density at radius 1 is 1.43 bits per heavy atom. The minimum Gasteiger partial charge on any atom is -0.396 e. The molecule has 0 spiro atoms. The Bertz CT molecular complexity index is 497. The van der Waals surface area contributed by atoms with E-state index in [1.807, 2.05) is 11.6 Å². The first kappa shape index (κ1) is 17.7. The van der Waals surface area contributed by atoms with Crippen molar-refractivity contribution >= 4 is 6.03 Å². The van der Waals surface area contributed by atoms with E-state index in [1.165, 1.54) is 0 Å². The molecule has 0 saturated heterocycles. The van der Waals surface area contributed by atoms with Crippen LogP contribution < -0.4 is 10.6 Å². The Morgan fingerprint density at radius 3 is 2.96 bits per heavy atom. The van der Waals surface area contributed by atoms with Crippen LogP contribution in [0.5, 0.6) is 0 Å². The van der Waals surface area contributed by atoms with Crippen molar-refractivity contribution in [3.63, 3.8) is 0 Å². The largest absolute Gasteiger partial charge is 0.396 e. The summed E-state index contributed by atoms with van der Waals surface area (Å²) in [5, 5.41) is 19.5. The molecule has 0 aliphatic carbocycles. The zero-order valence-corrected chi connectivity index (χ0v) is 14.2. The van der Waals surface area contributed by atoms with Gasteiger partial charge in [0, 0.05) is 26.1 Å². The van der Waals surface area contributed by atoms with Gasteiger partial charge in [-0.05, 0) is 31.6 Å². The third-order valence-electron chi connectivity index (χ3n) is 4.33. The van der Waals surface area contributed by atoms with Crippen molar-refractivity contribution in [1.29, 1.82) is 0 Å². The smallest absolute Gasteiger partial charge is 0.315 e. The van der Waals surface area contributed by atoms with Crippen LogP contribution in [0.1, 0.15) is 63.6 Å². The fourth-order valence-corrected chi connectivity index (χ4v) is 3.07. The molecule has 1 aliphatic heterocycles. The van der Waals surface area contributed by atoms with E-state index in [0.717, 1.165) is 56.7 Å². The van der Waals surface area contributed by atoms with Crippen LogP contribution in [0.2, 0.25) is 0 Å². The molecule has 23 heavy (non-hydrogen) atoms. The molecule has 7 nitrogen and oxygen atoms in total. The number of nitrogens with zero attached hydrogens (tertiary/aromatic N) is 3. The number of hydrogen-bond acceptors (Lipinski definition) is 4. The van der Waals surface area contributed by atoms with E-state index in [-0.39, 0.29) is 18.7 Å². The summed E-state index contributed by atoms with van der Waals surface area (Å²) in [6.45, 7) is 5.78. The van der Waals surface area contributed by atoms with E-state index >= 15 is 0 Å². The highest BCUT2D eigenvalue weighted by atomic mass is 16.3. The maximum Gasteiger partial charge on any atom is 0.315 e. The van der Waals surface area contributed by atoms with Crippen LogP contribution >= 0.6 is 0 Å². The Labute approximate surface area is 137 Å². The molecule has 2 atom stereocenters. The van der Waals surface area contributed by atoms with E-state index in [0.29, 0.717) is 12.5 Å². The summed E-state index contributed by atoms with van der Waals surface area (Å²) < 4.78 is 1.92. The van der Waals surface area contributed by atoms with Crippen LogP contribution in [0.3, 0.4) is 0 Å². The number of nitrogens with one attached hydrogen (secondary N) is 2. The highest BCUT2D eigenvalue weighted by molar-refractivity contribution is 5.74. The summed E-state index contributed by atoms with van der Waals surface area (Å²) in [7, 11) is 0. The minimum atomic E-state index is -0.163. The molecule has 0 bridgehead atoms. The number of rotatable bonds is 8. The molecule has 2 rings (SSSR count). The van der Waals surface area contributed by atoms with Gasteiger partial charge in [0.2, 0.25) is 0 Å². The Kier molecular flexibility index (Phi) is 6.83. The van der Waals surface area contributed by atoms with Crippen LogP contribution in [0.25, 0.3) is 0 Å². The second kappa shape index (κ2) is 8.86. The van der Waals surface area contributed by atoms with Crippen LogP contribution in [0.4, 0.5) is 4.79 Å². The first-order chi connectivity index (χ1) is 11.2. The highest BCUT2D eigenvalue weighted by Gasteiger charge is 2.25. The zero-order valence-electron chi connectivity index (χ0n) is 14.2. The number of aliphatic hydroxyl groups excluding tert-OH is 1. The molecule has 2 heterocycles. The third-order valence-corrected chi connectivity index (χ3v) is 4.33. The minimum absolute atomic E-state index is 0.0704. The Balaban J connectivity index is 1.87. The number of hydrogen-bond donors (Lipinski definition) is 3. The maximum absolute atomic E-state index is 12.2. The van der Waals surface area contributed by atoms with Gasteiger partial charge in [0.25, 0.3) is 0 Å². The molecular weight excluding hydrogens is 294 g/mol. The normalized spacial score (nSPS) is 18.3. The molecule has 0 radical (unpaired) electrons. The molecule has 0 saturated carbocycles. The summed E-state index contributed by atoms with van der Waals surface area (Å²) in [5.41, 5.74) is 0. The molecule has 130 valence electrons. The van der Waals surface area contributed by atoms with Crippen LogP contribution in [0, 0.1) is 5.92 Å². The van der Waals surface area contributed by atoms with Crippen molar-refractivity contribution in [2.24, 2.45) is 5.92 Å². The standard InChI is InChI=1S/C16H29N5O2/c1-3-6-12(8-10-22)11-17-16(23)18-13-7-5-9-21-15(13)19-14(4-2)20-21/h12-13,22H,3-11H2,1-2H3,(H2,17,18,23). The molecule has 1 aromatic rings. The van der Waals surface area contributed by atoms with Crippen molar-refractivity contribution in [3.8, 4) is 0 Å². The number of aromatic nitrogens is 3. The summed E-state index contributed by atoms with van der Waals surface area (Å²) in [5.74, 6) is 2.03. The number of aryl methyl sites for hydroxylation is 2. The van der Waals surface area contributed by atoms with Gasteiger partial charge in [-0.2, -0.15) is 5.10 Å². The average Bonchev–Trinajstić information content (AvgIpc) is 2.97. The summed E-state index contributed by atoms with van der Waals surface area (Å²) in [4.78, 5) is 16.7. The molecule has 1 aromatic heterocycles. The van der Waals surface area contributed by atoms with E-state index < -0.39 is 0 Å². The fraction of sp³-hybridized carbons (Fsp3) is 0.812. The van der Waals surface area contributed by atoms with E-state index in [9.17, 15) is 4.79 Å². The first-order valence-corrected chi connectivity index (χ1v) is 8.76. The van der Waals surface area contributed by atoms with Crippen molar-refractivity contribution in [3.05, 3.63) is 11.6 Å². The van der Waals surface area contributed by atoms with E-state index in [2.05, 4.69) is 27.6 Å². The van der Waals surface area contributed by atoms with Crippen molar-refractivity contribution in [2.45, 2.75) is 65.0 Å². The number of amides is 2.